The topological polar surface area (TPSA) is 95.6 Å². The van der Waals surface area contributed by atoms with Gasteiger partial charge in [0.15, 0.2) is 0 Å². The van der Waals surface area contributed by atoms with Crippen LogP contribution in [-0.4, -0.2) is 47.0 Å². The van der Waals surface area contributed by atoms with Crippen molar-refractivity contribution in [2.45, 2.75) is 57.2 Å². The molecule has 1 saturated heterocycles. The Morgan fingerprint density at radius 1 is 1.21 bits per heavy atom. The molecule has 0 amide bonds. The first-order valence-electron chi connectivity index (χ1n) is 10.1. The summed E-state index contributed by atoms with van der Waals surface area (Å²) in [5.41, 5.74) is 0.719. The molecule has 10 heteroatoms. The molecular weight excluding hydrogens is 417 g/mol. The molecule has 0 spiro atoms. The lowest BCUT2D eigenvalue weighted by atomic mass is 9.86. The van der Waals surface area contributed by atoms with Gasteiger partial charge in [0.1, 0.15) is 5.82 Å². The van der Waals surface area contributed by atoms with E-state index in [4.69, 9.17) is 0 Å². The molecule has 1 aromatic rings. The van der Waals surface area contributed by atoms with Crippen molar-refractivity contribution in [2.24, 2.45) is 5.92 Å². The summed E-state index contributed by atoms with van der Waals surface area (Å²) in [7, 11) is -6.65. The van der Waals surface area contributed by atoms with Crippen molar-refractivity contribution in [2.75, 3.05) is 28.5 Å². The van der Waals surface area contributed by atoms with Crippen LogP contribution in [0.5, 0.6) is 0 Å². The number of sulfonamides is 2. The third kappa shape index (κ3) is 5.40. The zero-order chi connectivity index (χ0) is 21.2. The van der Waals surface area contributed by atoms with Gasteiger partial charge in [0.05, 0.1) is 16.7 Å². The van der Waals surface area contributed by atoms with Gasteiger partial charge >= 0.3 is 0 Å². The Bertz CT molecular complexity index is 927. The molecule has 1 saturated carbocycles. The SMILES string of the molecule is CC(C)S(=O)(=O)N[C@H]1CC[C@H](CNc2ccc(N3CCCS3(=O)=O)c(F)c2)CC1. The Morgan fingerprint density at radius 3 is 2.45 bits per heavy atom. The second-order valence-electron chi connectivity index (χ2n) is 8.22. The van der Waals surface area contributed by atoms with Crippen molar-refractivity contribution in [3.05, 3.63) is 24.0 Å². The first kappa shape index (κ1) is 22.3. The van der Waals surface area contributed by atoms with Gasteiger partial charge < -0.3 is 5.32 Å². The van der Waals surface area contributed by atoms with Gasteiger partial charge in [0.25, 0.3) is 0 Å². The number of hydrogen-bond donors (Lipinski definition) is 2. The Morgan fingerprint density at radius 2 is 1.90 bits per heavy atom. The highest BCUT2D eigenvalue weighted by Crippen LogP contribution is 2.30. The molecule has 1 aromatic carbocycles. The average Bonchev–Trinajstić information content (AvgIpc) is 3.00. The zero-order valence-electron chi connectivity index (χ0n) is 16.9. The first-order chi connectivity index (χ1) is 13.6. The van der Waals surface area contributed by atoms with Gasteiger partial charge in [-0.2, -0.15) is 0 Å². The fraction of sp³-hybridized carbons (Fsp3) is 0.684. The molecule has 1 aliphatic heterocycles. The van der Waals surface area contributed by atoms with Crippen LogP contribution in [0.3, 0.4) is 0 Å². The lowest BCUT2D eigenvalue weighted by Crippen LogP contribution is -2.41. The minimum atomic E-state index is -3.40. The molecule has 2 fully saturated rings. The van der Waals surface area contributed by atoms with E-state index in [9.17, 15) is 21.2 Å². The number of benzene rings is 1. The van der Waals surface area contributed by atoms with Gasteiger partial charge in [-0.25, -0.2) is 25.9 Å². The van der Waals surface area contributed by atoms with E-state index in [2.05, 4.69) is 10.0 Å². The van der Waals surface area contributed by atoms with Crippen molar-refractivity contribution in [1.82, 2.24) is 4.72 Å². The highest BCUT2D eigenvalue weighted by molar-refractivity contribution is 7.93. The van der Waals surface area contributed by atoms with Crippen LogP contribution in [0.15, 0.2) is 18.2 Å². The van der Waals surface area contributed by atoms with E-state index < -0.39 is 31.1 Å². The maximum Gasteiger partial charge on any atom is 0.235 e. The van der Waals surface area contributed by atoms with Crippen molar-refractivity contribution in [3.63, 3.8) is 0 Å². The number of rotatable bonds is 7. The van der Waals surface area contributed by atoms with Gasteiger partial charge in [0.2, 0.25) is 20.0 Å². The molecule has 2 N–H and O–H groups in total. The third-order valence-corrected chi connectivity index (χ3v) is 9.47. The molecule has 0 bridgehead atoms. The minimum Gasteiger partial charge on any atom is -0.385 e. The second kappa shape index (κ2) is 8.77. The van der Waals surface area contributed by atoms with Gasteiger partial charge in [-0.3, -0.25) is 4.31 Å². The van der Waals surface area contributed by atoms with E-state index in [1.807, 2.05) is 0 Å². The number of nitrogens with zero attached hydrogens (tertiary/aromatic N) is 1. The highest BCUT2D eigenvalue weighted by atomic mass is 32.2. The van der Waals surface area contributed by atoms with Crippen molar-refractivity contribution in [3.8, 4) is 0 Å². The summed E-state index contributed by atoms with van der Waals surface area (Å²) in [6.07, 6.45) is 3.88. The second-order valence-corrected chi connectivity index (χ2v) is 12.5. The normalized spacial score (nSPS) is 24.8. The number of anilines is 2. The maximum atomic E-state index is 14.5. The van der Waals surface area contributed by atoms with Crippen LogP contribution in [-0.2, 0) is 20.0 Å². The van der Waals surface area contributed by atoms with Gasteiger partial charge in [0, 0.05) is 24.8 Å². The fourth-order valence-electron chi connectivity index (χ4n) is 3.84. The molecule has 1 heterocycles. The average molecular weight is 448 g/mol. The summed E-state index contributed by atoms with van der Waals surface area (Å²) in [6.45, 7) is 4.32. The predicted molar refractivity (Wildman–Crippen MR) is 114 cm³/mol. The van der Waals surface area contributed by atoms with E-state index in [1.54, 1.807) is 19.9 Å². The van der Waals surface area contributed by atoms with E-state index in [0.717, 1.165) is 30.0 Å². The smallest absolute Gasteiger partial charge is 0.235 e. The summed E-state index contributed by atoms with van der Waals surface area (Å²) >= 11 is 0. The molecule has 164 valence electrons. The monoisotopic (exact) mass is 447 g/mol. The van der Waals surface area contributed by atoms with E-state index in [-0.39, 0.29) is 17.5 Å². The zero-order valence-corrected chi connectivity index (χ0v) is 18.5. The van der Waals surface area contributed by atoms with Crippen molar-refractivity contribution >= 4 is 31.4 Å². The molecular formula is C19H30FN3O4S2. The summed E-state index contributed by atoms with van der Waals surface area (Å²) in [5, 5.41) is 2.79. The van der Waals surface area contributed by atoms with Crippen molar-refractivity contribution in [1.29, 1.82) is 0 Å². The van der Waals surface area contributed by atoms with Gasteiger partial charge in [-0.15, -0.1) is 0 Å². The highest BCUT2D eigenvalue weighted by Gasteiger charge is 2.30. The van der Waals surface area contributed by atoms with Crippen LogP contribution < -0.4 is 14.3 Å². The summed E-state index contributed by atoms with van der Waals surface area (Å²) < 4.78 is 66.3. The van der Waals surface area contributed by atoms with Crippen LogP contribution in [0.2, 0.25) is 0 Å². The Labute approximate surface area is 173 Å². The minimum absolute atomic E-state index is 0.0159. The molecule has 3 rings (SSSR count). The molecule has 0 unspecified atom stereocenters. The molecule has 1 aliphatic carbocycles. The van der Waals surface area contributed by atoms with Crippen LogP contribution in [0.4, 0.5) is 15.8 Å². The molecule has 0 radical (unpaired) electrons. The Balaban J connectivity index is 1.51. The maximum absolute atomic E-state index is 14.5. The largest absolute Gasteiger partial charge is 0.385 e. The van der Waals surface area contributed by atoms with E-state index >= 15 is 0 Å². The Kier molecular flexibility index (Phi) is 6.74. The quantitative estimate of drug-likeness (QED) is 0.670. The fourth-order valence-corrected chi connectivity index (χ4v) is 6.39. The number of hydrogen-bond acceptors (Lipinski definition) is 5. The number of nitrogens with one attached hydrogen (secondary N) is 2. The predicted octanol–water partition coefficient (Wildman–Crippen LogP) is 2.66. The molecule has 29 heavy (non-hydrogen) atoms. The Hall–Kier alpha value is -1.39. The van der Waals surface area contributed by atoms with Crippen molar-refractivity contribution < 1.29 is 21.2 Å². The summed E-state index contributed by atoms with van der Waals surface area (Å²) in [5.74, 6) is -0.105. The van der Waals surface area contributed by atoms with E-state index in [0.29, 0.717) is 31.1 Å². The lowest BCUT2D eigenvalue weighted by molar-refractivity contribution is 0.323. The molecule has 0 atom stereocenters. The summed E-state index contributed by atoms with van der Waals surface area (Å²) in [6, 6.07) is 4.54. The van der Waals surface area contributed by atoms with Gasteiger partial charge in [-0.05, 0) is 70.1 Å². The molecule has 7 nitrogen and oxygen atoms in total. The summed E-state index contributed by atoms with van der Waals surface area (Å²) in [4.78, 5) is 0. The van der Waals surface area contributed by atoms with Crippen LogP contribution in [0.1, 0.15) is 46.0 Å². The van der Waals surface area contributed by atoms with Crippen LogP contribution >= 0.6 is 0 Å². The molecule has 2 aliphatic rings. The van der Waals surface area contributed by atoms with Crippen LogP contribution in [0, 0.1) is 11.7 Å². The molecule has 0 aromatic heterocycles. The van der Waals surface area contributed by atoms with Gasteiger partial charge in [-0.1, -0.05) is 0 Å². The van der Waals surface area contributed by atoms with E-state index in [1.165, 1.54) is 12.1 Å². The van der Waals surface area contributed by atoms with Crippen LogP contribution in [0.25, 0.3) is 0 Å². The first-order valence-corrected chi connectivity index (χ1v) is 13.3. The third-order valence-electron chi connectivity index (χ3n) is 5.71. The number of halogens is 1. The lowest BCUT2D eigenvalue weighted by Gasteiger charge is -2.29. The standard InChI is InChI=1S/C19H30FN3O4S2/c1-14(2)29(26,27)22-16-6-4-15(5-7-16)13-21-17-8-9-19(18(20)12-17)23-10-3-11-28(23,24)25/h8-9,12,14-16,21-22H,3-7,10-11,13H2,1-2H3/t15-,16-.